The Morgan fingerprint density at radius 1 is 1.26 bits per heavy atom. The van der Waals surface area contributed by atoms with Crippen LogP contribution < -0.4 is 5.73 Å². The summed E-state index contributed by atoms with van der Waals surface area (Å²) in [6, 6.07) is 0.424. The second-order valence-electron chi connectivity index (χ2n) is 6.77. The minimum absolute atomic E-state index is 0.243. The molecule has 3 unspecified atom stereocenters. The van der Waals surface area contributed by atoms with Gasteiger partial charge in [0.1, 0.15) is 0 Å². The van der Waals surface area contributed by atoms with Crippen LogP contribution in [-0.2, 0) is 4.79 Å². The van der Waals surface area contributed by atoms with Gasteiger partial charge in [-0.1, -0.05) is 39.5 Å². The first-order valence-corrected chi connectivity index (χ1v) is 8.17. The Morgan fingerprint density at radius 2 is 2.05 bits per heavy atom. The molecule has 110 valence electrons. The molecule has 1 heterocycles. The van der Waals surface area contributed by atoms with Crippen LogP contribution in [0.25, 0.3) is 0 Å². The normalized spacial score (nSPS) is 36.9. The summed E-state index contributed by atoms with van der Waals surface area (Å²) in [5.74, 6) is 0.836. The average Bonchev–Trinajstić information content (AvgIpc) is 2.62. The molecule has 3 atom stereocenters. The second-order valence-corrected chi connectivity index (χ2v) is 6.77. The quantitative estimate of drug-likeness (QED) is 0.835. The van der Waals surface area contributed by atoms with Gasteiger partial charge in [0, 0.05) is 12.6 Å². The summed E-state index contributed by atoms with van der Waals surface area (Å²) in [5, 5.41) is 0. The lowest BCUT2D eigenvalue weighted by molar-refractivity contribution is -0.141. The van der Waals surface area contributed by atoms with Gasteiger partial charge in [-0.3, -0.25) is 4.79 Å². The highest BCUT2D eigenvalue weighted by Gasteiger charge is 2.42. The number of carbonyl (C=O) groups is 1. The van der Waals surface area contributed by atoms with E-state index in [2.05, 4.69) is 18.7 Å². The molecule has 1 aliphatic heterocycles. The first kappa shape index (κ1) is 14.8. The zero-order chi connectivity index (χ0) is 13.9. The van der Waals surface area contributed by atoms with E-state index in [1.54, 1.807) is 0 Å². The van der Waals surface area contributed by atoms with Crippen molar-refractivity contribution in [3.8, 4) is 0 Å². The van der Waals surface area contributed by atoms with Crippen LogP contribution in [0, 0.1) is 5.92 Å². The first-order valence-electron chi connectivity index (χ1n) is 8.17. The van der Waals surface area contributed by atoms with Crippen molar-refractivity contribution in [1.82, 2.24) is 4.90 Å². The molecule has 2 aliphatic rings. The average molecular weight is 266 g/mol. The van der Waals surface area contributed by atoms with Gasteiger partial charge in [0.05, 0.1) is 5.54 Å². The minimum Gasteiger partial charge on any atom is -0.338 e. The summed E-state index contributed by atoms with van der Waals surface area (Å²) in [6.07, 6.45) is 9.98. The van der Waals surface area contributed by atoms with Crippen LogP contribution in [0.1, 0.15) is 71.6 Å². The Hall–Kier alpha value is -0.570. The standard InChI is InChI=1S/C16H30N2O/c1-3-14-9-5-4-6-11-18(14)15(19)16(17)10-7-8-13(2)12-16/h13-14H,3-12,17H2,1-2H3. The van der Waals surface area contributed by atoms with E-state index in [9.17, 15) is 4.79 Å². The number of carbonyl (C=O) groups excluding carboxylic acids is 1. The molecule has 2 rings (SSSR count). The molecule has 3 nitrogen and oxygen atoms in total. The highest BCUT2D eigenvalue weighted by molar-refractivity contribution is 5.86. The van der Waals surface area contributed by atoms with Gasteiger partial charge in [-0.2, -0.15) is 0 Å². The Bertz CT molecular complexity index is 318. The molecule has 0 radical (unpaired) electrons. The second kappa shape index (κ2) is 6.25. The predicted molar refractivity (Wildman–Crippen MR) is 78.8 cm³/mol. The number of nitrogens with two attached hydrogens (primary N) is 1. The summed E-state index contributed by atoms with van der Waals surface area (Å²) >= 11 is 0. The molecule has 0 bridgehead atoms. The van der Waals surface area contributed by atoms with Gasteiger partial charge in [-0.25, -0.2) is 0 Å². The van der Waals surface area contributed by atoms with Crippen LogP contribution >= 0.6 is 0 Å². The van der Waals surface area contributed by atoms with Crippen molar-refractivity contribution in [3.05, 3.63) is 0 Å². The highest BCUT2D eigenvalue weighted by Crippen LogP contribution is 2.33. The van der Waals surface area contributed by atoms with E-state index in [-0.39, 0.29) is 5.91 Å². The van der Waals surface area contributed by atoms with E-state index in [1.165, 1.54) is 19.3 Å². The van der Waals surface area contributed by atoms with E-state index in [0.717, 1.165) is 45.1 Å². The fraction of sp³-hybridized carbons (Fsp3) is 0.938. The molecule has 2 fully saturated rings. The molecule has 1 aliphatic carbocycles. The van der Waals surface area contributed by atoms with Gasteiger partial charge in [0.25, 0.3) is 0 Å². The molecule has 1 saturated carbocycles. The first-order chi connectivity index (χ1) is 9.07. The molecule has 0 aromatic rings. The lowest BCUT2D eigenvalue weighted by Gasteiger charge is -2.41. The molecule has 0 spiro atoms. The Balaban J connectivity index is 2.11. The van der Waals surface area contributed by atoms with Crippen molar-refractivity contribution < 1.29 is 4.79 Å². The van der Waals surface area contributed by atoms with Gasteiger partial charge < -0.3 is 10.6 Å². The maximum absolute atomic E-state index is 12.9. The van der Waals surface area contributed by atoms with E-state index >= 15 is 0 Å². The molecule has 0 aromatic heterocycles. The van der Waals surface area contributed by atoms with Gasteiger partial charge in [-0.15, -0.1) is 0 Å². The number of nitrogens with zero attached hydrogens (tertiary/aromatic N) is 1. The molecule has 3 heteroatoms. The molecular formula is C16H30N2O. The third-order valence-corrected chi connectivity index (χ3v) is 5.07. The van der Waals surface area contributed by atoms with Crippen LogP contribution in [0.15, 0.2) is 0 Å². The third-order valence-electron chi connectivity index (χ3n) is 5.07. The van der Waals surface area contributed by atoms with Crippen molar-refractivity contribution in [2.75, 3.05) is 6.54 Å². The number of hydrogen-bond donors (Lipinski definition) is 1. The molecule has 1 amide bonds. The maximum Gasteiger partial charge on any atom is 0.242 e. The zero-order valence-corrected chi connectivity index (χ0v) is 12.7. The molecule has 1 saturated heterocycles. The van der Waals surface area contributed by atoms with Crippen LogP contribution in [0.2, 0.25) is 0 Å². The van der Waals surface area contributed by atoms with Gasteiger partial charge in [0.15, 0.2) is 0 Å². The Morgan fingerprint density at radius 3 is 2.74 bits per heavy atom. The lowest BCUT2D eigenvalue weighted by atomic mass is 9.76. The van der Waals surface area contributed by atoms with Crippen molar-refractivity contribution in [3.63, 3.8) is 0 Å². The van der Waals surface area contributed by atoms with E-state index < -0.39 is 5.54 Å². The maximum atomic E-state index is 12.9. The minimum atomic E-state index is -0.574. The van der Waals surface area contributed by atoms with Gasteiger partial charge in [0.2, 0.25) is 5.91 Å². The molecular weight excluding hydrogens is 236 g/mol. The third kappa shape index (κ3) is 3.31. The monoisotopic (exact) mass is 266 g/mol. The van der Waals surface area contributed by atoms with E-state index in [0.29, 0.717) is 12.0 Å². The SMILES string of the molecule is CCC1CCCCCN1C(=O)C1(N)CCCC(C)C1. The Kier molecular flexibility index (Phi) is 4.88. The summed E-state index contributed by atoms with van der Waals surface area (Å²) in [4.78, 5) is 15.1. The van der Waals surface area contributed by atoms with Gasteiger partial charge >= 0.3 is 0 Å². The fourth-order valence-electron chi connectivity index (χ4n) is 3.94. The number of likely N-dealkylation sites (tertiary alicyclic amines) is 1. The lowest BCUT2D eigenvalue weighted by Crippen LogP contribution is -2.59. The number of rotatable bonds is 2. The van der Waals surface area contributed by atoms with Crippen LogP contribution in [0.5, 0.6) is 0 Å². The molecule has 0 aromatic carbocycles. The number of hydrogen-bond acceptors (Lipinski definition) is 2. The van der Waals surface area contributed by atoms with Crippen molar-refractivity contribution in [2.24, 2.45) is 11.7 Å². The van der Waals surface area contributed by atoms with Crippen LogP contribution in [0.3, 0.4) is 0 Å². The highest BCUT2D eigenvalue weighted by atomic mass is 16.2. The smallest absolute Gasteiger partial charge is 0.242 e. The van der Waals surface area contributed by atoms with Crippen molar-refractivity contribution >= 4 is 5.91 Å². The molecule has 2 N–H and O–H groups in total. The summed E-state index contributed by atoms with van der Waals surface area (Å²) in [5.41, 5.74) is 5.93. The summed E-state index contributed by atoms with van der Waals surface area (Å²) in [7, 11) is 0. The van der Waals surface area contributed by atoms with Gasteiger partial charge in [-0.05, 0) is 38.0 Å². The van der Waals surface area contributed by atoms with Crippen molar-refractivity contribution in [2.45, 2.75) is 83.2 Å². The van der Waals surface area contributed by atoms with Crippen LogP contribution in [-0.4, -0.2) is 28.9 Å². The van der Waals surface area contributed by atoms with E-state index in [4.69, 9.17) is 5.73 Å². The fourth-order valence-corrected chi connectivity index (χ4v) is 3.94. The summed E-state index contributed by atoms with van der Waals surface area (Å²) in [6.45, 7) is 5.35. The Labute approximate surface area is 117 Å². The topological polar surface area (TPSA) is 46.3 Å². The number of amides is 1. The predicted octanol–water partition coefficient (Wildman–Crippen LogP) is 3.08. The molecule has 19 heavy (non-hydrogen) atoms. The van der Waals surface area contributed by atoms with E-state index in [1.807, 2.05) is 0 Å². The largest absolute Gasteiger partial charge is 0.338 e. The zero-order valence-electron chi connectivity index (χ0n) is 12.7. The van der Waals surface area contributed by atoms with Crippen LogP contribution in [0.4, 0.5) is 0 Å². The summed E-state index contributed by atoms with van der Waals surface area (Å²) < 4.78 is 0. The van der Waals surface area contributed by atoms with Crippen molar-refractivity contribution in [1.29, 1.82) is 0 Å².